The Morgan fingerprint density at radius 3 is 2.17 bits per heavy atom. The molecule has 2 heterocycles. The lowest BCUT2D eigenvalue weighted by Crippen LogP contribution is -2.69. The molecule has 1 amide bonds. The smallest absolute Gasteiger partial charge is 0.246 e. The predicted octanol–water partition coefficient (Wildman–Crippen LogP) is -0.968. The summed E-state index contributed by atoms with van der Waals surface area (Å²) in [7, 11) is 5.94. The quantitative estimate of drug-likeness (QED) is 0.467. The summed E-state index contributed by atoms with van der Waals surface area (Å²) in [6, 6.07) is 0. The Labute approximate surface area is 72.7 Å². The molecule has 0 aromatic rings. The highest BCUT2D eigenvalue weighted by Gasteiger charge is 2.56. The van der Waals surface area contributed by atoms with Gasteiger partial charge in [0, 0.05) is 20.1 Å². The molecule has 68 valence electrons. The topological polar surface area (TPSA) is 26.8 Å². The molecule has 0 saturated carbocycles. The molecule has 4 nitrogen and oxygen atoms in total. The second-order valence-corrected chi connectivity index (χ2v) is 4.05. The van der Waals surface area contributed by atoms with E-state index in [-0.39, 0.29) is 11.4 Å². The highest BCUT2D eigenvalue weighted by Crippen LogP contribution is 2.31. The Bertz CT molecular complexity index is 222. The van der Waals surface area contributed by atoms with E-state index in [1.54, 1.807) is 4.90 Å². The number of hydrogen-bond donors (Lipinski definition) is 0. The van der Waals surface area contributed by atoms with E-state index in [1.165, 1.54) is 0 Å². The molecule has 2 saturated heterocycles. The van der Waals surface area contributed by atoms with E-state index >= 15 is 0 Å². The van der Waals surface area contributed by atoms with E-state index in [0.29, 0.717) is 0 Å². The van der Waals surface area contributed by atoms with Gasteiger partial charge in [-0.15, -0.1) is 0 Å². The molecule has 1 spiro atoms. The van der Waals surface area contributed by atoms with Crippen LogP contribution in [0.2, 0.25) is 0 Å². The molecule has 0 unspecified atom stereocenters. The summed E-state index contributed by atoms with van der Waals surface area (Å²) >= 11 is 0. The first-order valence-electron chi connectivity index (χ1n) is 4.21. The molecule has 0 atom stereocenters. The lowest BCUT2D eigenvalue weighted by atomic mass is 9.89. The fourth-order valence-electron chi connectivity index (χ4n) is 2.26. The maximum atomic E-state index is 11.7. The molecule has 2 aliphatic heterocycles. The summed E-state index contributed by atoms with van der Waals surface area (Å²) < 4.78 is 0. The summed E-state index contributed by atoms with van der Waals surface area (Å²) in [6.45, 7) is 2.53. The molecule has 2 rings (SSSR count). The predicted molar refractivity (Wildman–Crippen MR) is 45.6 cm³/mol. The number of nitrogens with zero attached hydrogens (tertiary/aromatic N) is 3. The van der Waals surface area contributed by atoms with Crippen molar-refractivity contribution in [2.75, 3.05) is 40.9 Å². The van der Waals surface area contributed by atoms with Gasteiger partial charge in [-0.3, -0.25) is 9.69 Å². The normalized spacial score (nSPS) is 29.9. The van der Waals surface area contributed by atoms with Crippen LogP contribution in [-0.4, -0.2) is 67.0 Å². The zero-order valence-electron chi connectivity index (χ0n) is 7.87. The van der Waals surface area contributed by atoms with Crippen LogP contribution in [0.25, 0.3) is 0 Å². The average molecular weight is 169 g/mol. The monoisotopic (exact) mass is 169 g/mol. The van der Waals surface area contributed by atoms with Crippen molar-refractivity contribution in [3.8, 4) is 0 Å². The number of hydrogen-bond acceptors (Lipinski definition) is 3. The van der Waals surface area contributed by atoms with Crippen molar-refractivity contribution in [3.05, 3.63) is 0 Å². The molecule has 0 radical (unpaired) electrons. The molecule has 2 aliphatic rings. The first kappa shape index (κ1) is 8.01. The van der Waals surface area contributed by atoms with Gasteiger partial charge >= 0.3 is 0 Å². The van der Waals surface area contributed by atoms with Crippen molar-refractivity contribution in [1.29, 1.82) is 0 Å². The zero-order chi connectivity index (χ0) is 8.93. The third-order valence-corrected chi connectivity index (χ3v) is 2.96. The Hall–Kier alpha value is -0.610. The minimum absolute atomic E-state index is 0.177. The van der Waals surface area contributed by atoms with Gasteiger partial charge in [0.15, 0.2) is 0 Å². The number of rotatable bonds is 0. The molecule has 4 heteroatoms. The SMILES string of the molecule is CN1CC2(C1)C(=O)N(C)CN2C. The van der Waals surface area contributed by atoms with Crippen molar-refractivity contribution in [2.24, 2.45) is 0 Å². The van der Waals surface area contributed by atoms with Gasteiger partial charge in [-0.05, 0) is 14.1 Å². The van der Waals surface area contributed by atoms with Gasteiger partial charge in [0.05, 0.1) is 6.67 Å². The fourth-order valence-corrected chi connectivity index (χ4v) is 2.26. The maximum absolute atomic E-state index is 11.7. The van der Waals surface area contributed by atoms with Crippen molar-refractivity contribution in [2.45, 2.75) is 5.54 Å². The summed E-state index contributed by atoms with van der Waals surface area (Å²) in [5.41, 5.74) is -0.177. The van der Waals surface area contributed by atoms with Crippen LogP contribution in [0.4, 0.5) is 0 Å². The van der Waals surface area contributed by atoms with Crippen LogP contribution in [0.1, 0.15) is 0 Å². The molecule has 0 aromatic heterocycles. The number of amides is 1. The van der Waals surface area contributed by atoms with Gasteiger partial charge in [-0.25, -0.2) is 0 Å². The van der Waals surface area contributed by atoms with Crippen LogP contribution < -0.4 is 0 Å². The van der Waals surface area contributed by atoms with Crippen LogP contribution in [0.3, 0.4) is 0 Å². The van der Waals surface area contributed by atoms with Gasteiger partial charge < -0.3 is 9.80 Å². The summed E-state index contributed by atoms with van der Waals surface area (Å²) in [5, 5.41) is 0. The lowest BCUT2D eigenvalue weighted by molar-refractivity contribution is -0.139. The zero-order valence-corrected chi connectivity index (χ0v) is 7.87. The molecule has 0 aromatic carbocycles. The molecule has 0 N–H and O–H groups in total. The highest BCUT2D eigenvalue weighted by atomic mass is 16.2. The molecule has 0 bridgehead atoms. The molecular weight excluding hydrogens is 154 g/mol. The maximum Gasteiger partial charge on any atom is 0.246 e. The Kier molecular flexibility index (Phi) is 1.47. The number of carbonyl (C=O) groups excluding carboxylic acids is 1. The second kappa shape index (κ2) is 2.20. The third kappa shape index (κ3) is 0.765. The Morgan fingerprint density at radius 1 is 1.25 bits per heavy atom. The molecule has 2 fully saturated rings. The van der Waals surface area contributed by atoms with Crippen molar-refractivity contribution < 1.29 is 4.79 Å². The third-order valence-electron chi connectivity index (χ3n) is 2.96. The van der Waals surface area contributed by atoms with E-state index in [2.05, 4.69) is 9.80 Å². The average Bonchev–Trinajstić information content (AvgIpc) is 2.13. The van der Waals surface area contributed by atoms with Crippen LogP contribution in [0.5, 0.6) is 0 Å². The van der Waals surface area contributed by atoms with Crippen LogP contribution in [0.15, 0.2) is 0 Å². The summed E-state index contributed by atoms with van der Waals surface area (Å²) in [6.07, 6.45) is 0. The first-order chi connectivity index (χ1) is 5.56. The van der Waals surface area contributed by atoms with Gasteiger partial charge in [0.2, 0.25) is 5.91 Å². The number of likely N-dealkylation sites (N-methyl/N-ethyl adjacent to an activating group) is 3. The van der Waals surface area contributed by atoms with Crippen LogP contribution >= 0.6 is 0 Å². The number of carbonyl (C=O) groups is 1. The Morgan fingerprint density at radius 2 is 1.83 bits per heavy atom. The standard InChI is InChI=1S/C8H15N3O/c1-9-4-8(5-9)7(12)10(2)6-11(8)3/h4-6H2,1-3H3. The van der Waals surface area contributed by atoms with E-state index in [4.69, 9.17) is 0 Å². The summed E-state index contributed by atoms with van der Waals surface area (Å²) in [4.78, 5) is 17.8. The lowest BCUT2D eigenvalue weighted by Gasteiger charge is -2.47. The second-order valence-electron chi connectivity index (χ2n) is 4.05. The first-order valence-corrected chi connectivity index (χ1v) is 4.21. The van der Waals surface area contributed by atoms with Crippen LogP contribution in [-0.2, 0) is 4.79 Å². The molecule has 12 heavy (non-hydrogen) atoms. The molecule has 0 aliphatic carbocycles. The van der Waals surface area contributed by atoms with Gasteiger partial charge in [0.25, 0.3) is 0 Å². The van der Waals surface area contributed by atoms with Gasteiger partial charge in [0.1, 0.15) is 5.54 Å². The minimum atomic E-state index is -0.177. The van der Waals surface area contributed by atoms with E-state index in [0.717, 1.165) is 19.8 Å². The van der Waals surface area contributed by atoms with E-state index in [9.17, 15) is 4.79 Å². The van der Waals surface area contributed by atoms with E-state index in [1.807, 2.05) is 21.1 Å². The van der Waals surface area contributed by atoms with Crippen molar-refractivity contribution in [3.63, 3.8) is 0 Å². The highest BCUT2D eigenvalue weighted by molar-refractivity contribution is 5.89. The minimum Gasteiger partial charge on any atom is -0.331 e. The number of likely N-dealkylation sites (tertiary alicyclic amines) is 1. The Balaban J connectivity index is 2.20. The molecular formula is C8H15N3O. The summed E-state index contributed by atoms with van der Waals surface area (Å²) in [5.74, 6) is 0.281. The van der Waals surface area contributed by atoms with Crippen molar-refractivity contribution in [1.82, 2.24) is 14.7 Å². The van der Waals surface area contributed by atoms with Gasteiger partial charge in [-0.2, -0.15) is 0 Å². The fraction of sp³-hybridized carbons (Fsp3) is 0.875. The van der Waals surface area contributed by atoms with Gasteiger partial charge in [-0.1, -0.05) is 0 Å². The van der Waals surface area contributed by atoms with Crippen molar-refractivity contribution >= 4 is 5.91 Å². The van der Waals surface area contributed by atoms with Crippen LogP contribution in [0, 0.1) is 0 Å². The largest absolute Gasteiger partial charge is 0.331 e. The van der Waals surface area contributed by atoms with E-state index < -0.39 is 0 Å².